The lowest BCUT2D eigenvalue weighted by Gasteiger charge is -2.10. The van der Waals surface area contributed by atoms with Gasteiger partial charge in [0.15, 0.2) is 0 Å². The minimum Gasteiger partial charge on any atom is -0.491 e. The fourth-order valence-electron chi connectivity index (χ4n) is 4.01. The van der Waals surface area contributed by atoms with Gasteiger partial charge in [0, 0.05) is 0 Å². The molecule has 44 heavy (non-hydrogen) atoms. The Morgan fingerprint density at radius 2 is 1.02 bits per heavy atom. The number of halogens is 5. The van der Waals surface area contributed by atoms with Crippen LogP contribution in [0.1, 0.15) is 63.9 Å². The Labute approximate surface area is 255 Å². The van der Waals surface area contributed by atoms with Crippen molar-refractivity contribution in [2.45, 2.75) is 64.7 Å². The van der Waals surface area contributed by atoms with Gasteiger partial charge in [-0.15, -0.1) is 0 Å². The highest BCUT2D eigenvalue weighted by Crippen LogP contribution is 2.29. The summed E-state index contributed by atoms with van der Waals surface area (Å²) in [7, 11) is 0. The highest BCUT2D eigenvalue weighted by Gasteiger charge is 2.28. The van der Waals surface area contributed by atoms with Crippen LogP contribution in [0.3, 0.4) is 0 Å². The molecule has 0 saturated carbocycles. The predicted octanol–water partition coefficient (Wildman–Crippen LogP) is 7.12. The molecule has 0 radical (unpaired) electrons. The number of hydrogen-bond donors (Lipinski definition) is 0. The van der Waals surface area contributed by atoms with Gasteiger partial charge in [0.25, 0.3) is 0 Å². The van der Waals surface area contributed by atoms with Crippen molar-refractivity contribution in [2.75, 3.05) is 59.5 Å². The summed E-state index contributed by atoms with van der Waals surface area (Å²) in [4.78, 5) is 11.6. The Kier molecular flexibility index (Phi) is 19.3. The number of esters is 1. The van der Waals surface area contributed by atoms with E-state index in [1.54, 1.807) is 0 Å². The van der Waals surface area contributed by atoms with E-state index in [1.807, 2.05) is 12.1 Å². The Morgan fingerprint density at radius 3 is 1.57 bits per heavy atom. The van der Waals surface area contributed by atoms with Crippen LogP contribution in [-0.4, -0.2) is 65.4 Å². The summed E-state index contributed by atoms with van der Waals surface area (Å²) >= 11 is 0. The number of benzene rings is 2. The van der Waals surface area contributed by atoms with Crippen LogP contribution in [0.4, 0.5) is 22.0 Å². The van der Waals surface area contributed by atoms with E-state index in [0.29, 0.717) is 39.6 Å². The number of ether oxygens (including phenoxy) is 6. The average Bonchev–Trinajstić information content (AvgIpc) is 3.03. The van der Waals surface area contributed by atoms with Crippen molar-refractivity contribution >= 4 is 5.97 Å². The molecule has 0 aliphatic rings. The van der Waals surface area contributed by atoms with E-state index < -0.39 is 47.2 Å². The third-order valence-electron chi connectivity index (χ3n) is 6.44. The first kappa shape index (κ1) is 37.4. The summed E-state index contributed by atoms with van der Waals surface area (Å²) in [5.41, 5.74) is 1.33. The third-order valence-corrected chi connectivity index (χ3v) is 6.44. The summed E-state index contributed by atoms with van der Waals surface area (Å²) in [6.07, 6.45) is 9.75. The minimum atomic E-state index is -2.34. The molecular formula is C32H43F5O7. The second-order valence-corrected chi connectivity index (χ2v) is 9.94. The van der Waals surface area contributed by atoms with Crippen molar-refractivity contribution in [3.63, 3.8) is 0 Å². The molecule has 0 heterocycles. The van der Waals surface area contributed by atoms with Crippen molar-refractivity contribution in [2.24, 2.45) is 0 Å². The van der Waals surface area contributed by atoms with Crippen LogP contribution in [0.25, 0.3) is 0 Å². The second kappa shape index (κ2) is 22.7. The molecular weight excluding hydrogens is 591 g/mol. The van der Waals surface area contributed by atoms with Crippen LogP contribution in [0, 0.1) is 29.1 Å². The van der Waals surface area contributed by atoms with Crippen LogP contribution in [0.15, 0.2) is 24.3 Å². The van der Waals surface area contributed by atoms with Gasteiger partial charge in [0.2, 0.25) is 34.8 Å². The van der Waals surface area contributed by atoms with Crippen LogP contribution < -0.4 is 9.47 Å². The van der Waals surface area contributed by atoms with Crippen molar-refractivity contribution in [1.82, 2.24) is 0 Å². The fourth-order valence-corrected chi connectivity index (χ4v) is 4.01. The molecule has 0 bridgehead atoms. The second-order valence-electron chi connectivity index (χ2n) is 9.94. The molecule has 0 amide bonds. The van der Waals surface area contributed by atoms with Gasteiger partial charge in [0.05, 0.1) is 59.3 Å². The van der Waals surface area contributed by atoms with Crippen LogP contribution in [0.2, 0.25) is 0 Å². The van der Waals surface area contributed by atoms with Gasteiger partial charge in [-0.1, -0.05) is 57.6 Å². The van der Waals surface area contributed by atoms with E-state index >= 15 is 0 Å². The highest BCUT2D eigenvalue weighted by molar-refractivity contribution is 5.72. The van der Waals surface area contributed by atoms with Crippen LogP contribution in [0.5, 0.6) is 11.5 Å². The first-order valence-electron chi connectivity index (χ1n) is 15.1. The van der Waals surface area contributed by atoms with Gasteiger partial charge in [-0.05, 0) is 30.5 Å². The van der Waals surface area contributed by atoms with Gasteiger partial charge in [-0.2, -0.15) is 8.78 Å². The quantitative estimate of drug-likeness (QED) is 0.0288. The molecule has 7 nitrogen and oxygen atoms in total. The summed E-state index contributed by atoms with van der Waals surface area (Å²) < 4.78 is 97.7. The molecule has 0 fully saturated rings. The molecule has 248 valence electrons. The molecule has 0 saturated heterocycles. The van der Waals surface area contributed by atoms with Crippen molar-refractivity contribution in [3.05, 3.63) is 58.9 Å². The monoisotopic (exact) mass is 634 g/mol. The van der Waals surface area contributed by atoms with Gasteiger partial charge in [0.1, 0.15) is 12.4 Å². The molecule has 0 N–H and O–H groups in total. The molecule has 0 aromatic heterocycles. The predicted molar refractivity (Wildman–Crippen MR) is 153 cm³/mol. The number of unbranched alkanes of at least 4 members (excludes halogenated alkanes) is 6. The minimum absolute atomic E-state index is 0.0981. The smallest absolute Gasteiger partial charge is 0.313 e. The molecule has 2 rings (SSSR count). The summed E-state index contributed by atoms with van der Waals surface area (Å²) in [6.45, 7) is 4.61. The standard InChI is InChI=1S/C32H43F5O7/c1-2-3-4-5-6-7-8-9-24-10-12-25(13-11-24)43-23-22-42-21-20-41-19-18-40-17-16-39-15-14-26(38)44-32-30(36)28(34)27(33)29(35)31(32)37/h10-13H,2-9,14-23H2,1H3. The molecule has 0 aliphatic heterocycles. The van der Waals surface area contributed by atoms with Gasteiger partial charge >= 0.3 is 5.97 Å². The fraction of sp³-hybridized carbons (Fsp3) is 0.594. The Morgan fingerprint density at radius 1 is 0.568 bits per heavy atom. The summed E-state index contributed by atoms with van der Waals surface area (Å²) in [5.74, 6) is -13.2. The van der Waals surface area contributed by atoms with Crippen LogP contribution >= 0.6 is 0 Å². The summed E-state index contributed by atoms with van der Waals surface area (Å²) in [5, 5.41) is 0. The Bertz CT molecular complexity index is 1060. The zero-order valence-electron chi connectivity index (χ0n) is 25.3. The molecule has 12 heteroatoms. The number of hydrogen-bond acceptors (Lipinski definition) is 7. The molecule has 0 atom stereocenters. The maximum absolute atomic E-state index is 13.5. The number of carbonyl (C=O) groups is 1. The molecule has 0 spiro atoms. The summed E-state index contributed by atoms with van der Waals surface area (Å²) in [6, 6.07) is 8.21. The molecule has 0 aliphatic carbocycles. The number of rotatable bonds is 25. The molecule has 2 aromatic rings. The van der Waals surface area contributed by atoms with E-state index in [2.05, 4.69) is 23.8 Å². The number of carbonyl (C=O) groups excluding carboxylic acids is 1. The average molecular weight is 635 g/mol. The number of aryl methyl sites for hydroxylation is 1. The van der Waals surface area contributed by atoms with E-state index in [4.69, 9.17) is 23.7 Å². The topological polar surface area (TPSA) is 72.5 Å². The first-order valence-corrected chi connectivity index (χ1v) is 15.1. The lowest BCUT2D eigenvalue weighted by Crippen LogP contribution is -2.16. The maximum atomic E-state index is 13.5. The lowest BCUT2D eigenvalue weighted by atomic mass is 10.0. The van der Waals surface area contributed by atoms with E-state index in [0.717, 1.165) is 12.2 Å². The Balaban J connectivity index is 1.37. The normalized spacial score (nSPS) is 11.2. The van der Waals surface area contributed by atoms with E-state index in [-0.39, 0.29) is 19.8 Å². The third kappa shape index (κ3) is 14.8. The largest absolute Gasteiger partial charge is 0.491 e. The van der Waals surface area contributed by atoms with E-state index in [1.165, 1.54) is 50.5 Å². The van der Waals surface area contributed by atoms with E-state index in [9.17, 15) is 26.7 Å². The van der Waals surface area contributed by atoms with Crippen molar-refractivity contribution < 1.29 is 55.2 Å². The highest BCUT2D eigenvalue weighted by atomic mass is 19.2. The molecule has 0 unspecified atom stereocenters. The van der Waals surface area contributed by atoms with Crippen molar-refractivity contribution in [1.29, 1.82) is 0 Å². The zero-order valence-corrected chi connectivity index (χ0v) is 25.3. The SMILES string of the molecule is CCCCCCCCCc1ccc(OCCOCCOCCOCCOCCC(=O)Oc2c(F)c(F)c(F)c(F)c2F)cc1. The maximum Gasteiger partial charge on any atom is 0.313 e. The first-order chi connectivity index (χ1) is 21.3. The Hall–Kier alpha value is -2.80. The lowest BCUT2D eigenvalue weighted by molar-refractivity contribution is -0.136. The van der Waals surface area contributed by atoms with Gasteiger partial charge in [-0.25, -0.2) is 13.2 Å². The van der Waals surface area contributed by atoms with Crippen LogP contribution in [-0.2, 0) is 30.2 Å². The van der Waals surface area contributed by atoms with Gasteiger partial charge in [-0.3, -0.25) is 4.79 Å². The zero-order chi connectivity index (χ0) is 32.0. The molecule has 2 aromatic carbocycles. The van der Waals surface area contributed by atoms with Gasteiger partial charge < -0.3 is 28.4 Å². The van der Waals surface area contributed by atoms with Crippen molar-refractivity contribution in [3.8, 4) is 11.5 Å².